The van der Waals surface area contributed by atoms with Crippen LogP contribution in [-0.2, 0) is 4.74 Å². The smallest absolute Gasteiger partial charge is 0.312 e. The van der Waals surface area contributed by atoms with Crippen LogP contribution in [0, 0.1) is 0 Å². The van der Waals surface area contributed by atoms with E-state index in [1.165, 1.54) is 0 Å². The molecule has 5 heteroatoms. The summed E-state index contributed by atoms with van der Waals surface area (Å²) < 4.78 is 4.81. The Kier molecular flexibility index (Phi) is 14.7. The van der Waals surface area contributed by atoms with Crippen LogP contribution in [-0.4, -0.2) is 37.5 Å². The van der Waals surface area contributed by atoms with Crippen molar-refractivity contribution >= 4 is 6.03 Å². The molecule has 0 saturated heterocycles. The Balaban J connectivity index is 0. The summed E-state index contributed by atoms with van der Waals surface area (Å²) in [6.07, 6.45) is 0. The minimum Gasteiger partial charge on any atom is -0.394 e. The Hall–Kier alpha value is -0.810. The molecule has 0 saturated carbocycles. The van der Waals surface area contributed by atoms with E-state index in [1.54, 1.807) is 0 Å². The Morgan fingerprint density at radius 1 is 1.50 bits per heavy atom. The second-order valence-corrected chi connectivity index (χ2v) is 1.63. The normalized spacial score (nSPS) is 8.25. The van der Waals surface area contributed by atoms with Gasteiger partial charge in [0.25, 0.3) is 0 Å². The minimum atomic E-state index is -0.562. The first-order valence-corrected chi connectivity index (χ1v) is 3.99. The van der Waals surface area contributed by atoms with Gasteiger partial charge in [0, 0.05) is 6.54 Å². The quantitative estimate of drug-likeness (QED) is 0.505. The van der Waals surface area contributed by atoms with Crippen LogP contribution in [0.2, 0.25) is 0 Å². The number of rotatable bonds is 5. The molecule has 0 aliphatic rings. The SMILES string of the molecule is CC.NC(=O)NCCOCCO. The van der Waals surface area contributed by atoms with Crippen LogP contribution in [0.5, 0.6) is 0 Å². The monoisotopic (exact) mass is 178 g/mol. The number of ether oxygens (including phenoxy) is 1. The van der Waals surface area contributed by atoms with Crippen LogP contribution in [0.1, 0.15) is 13.8 Å². The molecule has 0 aromatic carbocycles. The highest BCUT2D eigenvalue weighted by Crippen LogP contribution is 1.70. The molecule has 0 heterocycles. The number of hydrogen-bond donors (Lipinski definition) is 3. The number of carbonyl (C=O) groups excluding carboxylic acids is 1. The molecule has 0 aliphatic heterocycles. The van der Waals surface area contributed by atoms with Crippen molar-refractivity contribution in [2.45, 2.75) is 13.8 Å². The molecule has 12 heavy (non-hydrogen) atoms. The van der Waals surface area contributed by atoms with E-state index in [2.05, 4.69) is 5.32 Å². The Labute approximate surface area is 72.9 Å². The van der Waals surface area contributed by atoms with E-state index in [-0.39, 0.29) is 6.61 Å². The summed E-state index contributed by atoms with van der Waals surface area (Å²) >= 11 is 0. The summed E-state index contributed by atoms with van der Waals surface area (Å²) in [7, 11) is 0. The van der Waals surface area contributed by atoms with Crippen LogP contribution in [0.15, 0.2) is 0 Å². The number of aliphatic hydroxyl groups excluding tert-OH is 1. The zero-order chi connectivity index (χ0) is 9.82. The van der Waals surface area contributed by atoms with Crippen LogP contribution < -0.4 is 11.1 Å². The van der Waals surface area contributed by atoms with E-state index >= 15 is 0 Å². The fourth-order valence-corrected chi connectivity index (χ4v) is 0.413. The van der Waals surface area contributed by atoms with Gasteiger partial charge in [-0.1, -0.05) is 13.8 Å². The Morgan fingerprint density at radius 2 is 2.08 bits per heavy atom. The fraction of sp³-hybridized carbons (Fsp3) is 0.857. The number of aliphatic hydroxyl groups is 1. The summed E-state index contributed by atoms with van der Waals surface area (Å²) in [4.78, 5) is 10.0. The number of amides is 2. The molecule has 5 nitrogen and oxygen atoms in total. The number of hydrogen-bond acceptors (Lipinski definition) is 3. The zero-order valence-electron chi connectivity index (χ0n) is 7.67. The molecule has 0 radical (unpaired) electrons. The van der Waals surface area contributed by atoms with Crippen LogP contribution >= 0.6 is 0 Å². The summed E-state index contributed by atoms with van der Waals surface area (Å²) in [6.45, 7) is 5.05. The van der Waals surface area contributed by atoms with E-state index in [9.17, 15) is 4.79 Å². The van der Waals surface area contributed by atoms with Gasteiger partial charge in [-0.2, -0.15) is 0 Å². The van der Waals surface area contributed by atoms with Crippen molar-refractivity contribution in [3.05, 3.63) is 0 Å². The summed E-state index contributed by atoms with van der Waals surface area (Å²) in [6, 6.07) is -0.562. The first kappa shape index (κ1) is 13.8. The van der Waals surface area contributed by atoms with Crippen molar-refractivity contribution < 1.29 is 14.6 Å². The minimum absolute atomic E-state index is 0.00340. The van der Waals surface area contributed by atoms with E-state index < -0.39 is 6.03 Å². The average Bonchev–Trinajstić information content (AvgIpc) is 2.07. The predicted molar refractivity (Wildman–Crippen MR) is 46.8 cm³/mol. The number of carbonyl (C=O) groups is 1. The van der Waals surface area contributed by atoms with Gasteiger partial charge < -0.3 is 20.9 Å². The highest BCUT2D eigenvalue weighted by Gasteiger charge is 1.89. The first-order valence-electron chi connectivity index (χ1n) is 3.99. The second kappa shape index (κ2) is 12.8. The van der Waals surface area contributed by atoms with Gasteiger partial charge >= 0.3 is 6.03 Å². The molecule has 0 bridgehead atoms. The largest absolute Gasteiger partial charge is 0.394 e. The highest BCUT2D eigenvalue weighted by molar-refractivity contribution is 5.71. The van der Waals surface area contributed by atoms with Gasteiger partial charge in [0.1, 0.15) is 0 Å². The Bertz CT molecular complexity index is 98.7. The first-order chi connectivity index (χ1) is 5.77. The standard InChI is InChI=1S/C5H12N2O3.C2H6/c6-5(9)7-1-3-10-4-2-8;1-2/h8H,1-4H2,(H3,6,7,9);1-2H3. The van der Waals surface area contributed by atoms with Gasteiger partial charge in [-0.05, 0) is 0 Å². The van der Waals surface area contributed by atoms with Crippen molar-refractivity contribution in [1.82, 2.24) is 5.32 Å². The maximum absolute atomic E-state index is 10.0. The average molecular weight is 178 g/mol. The maximum atomic E-state index is 10.0. The third kappa shape index (κ3) is 16.1. The van der Waals surface area contributed by atoms with Crippen molar-refractivity contribution in [3.8, 4) is 0 Å². The Morgan fingerprint density at radius 3 is 2.50 bits per heavy atom. The lowest BCUT2D eigenvalue weighted by atomic mass is 10.6. The third-order valence-corrected chi connectivity index (χ3v) is 0.781. The summed E-state index contributed by atoms with van der Waals surface area (Å²) in [5.74, 6) is 0. The topological polar surface area (TPSA) is 84.6 Å². The van der Waals surface area contributed by atoms with E-state index in [4.69, 9.17) is 15.6 Å². The molecule has 0 fully saturated rings. The van der Waals surface area contributed by atoms with E-state index in [1.807, 2.05) is 13.8 Å². The molecule has 0 aromatic rings. The van der Waals surface area contributed by atoms with E-state index in [0.29, 0.717) is 19.8 Å². The van der Waals surface area contributed by atoms with Gasteiger partial charge in [-0.25, -0.2) is 4.79 Å². The number of nitrogens with one attached hydrogen (secondary N) is 1. The van der Waals surface area contributed by atoms with Crippen molar-refractivity contribution in [3.63, 3.8) is 0 Å². The van der Waals surface area contributed by atoms with Gasteiger partial charge in [0.05, 0.1) is 19.8 Å². The number of urea groups is 1. The molecular formula is C7H18N2O3. The maximum Gasteiger partial charge on any atom is 0.312 e. The lowest BCUT2D eigenvalue weighted by Crippen LogP contribution is -2.32. The van der Waals surface area contributed by atoms with Crippen molar-refractivity contribution in [2.75, 3.05) is 26.4 Å². The number of primary amides is 1. The zero-order valence-corrected chi connectivity index (χ0v) is 7.67. The van der Waals surface area contributed by atoms with Gasteiger partial charge in [0.15, 0.2) is 0 Å². The highest BCUT2D eigenvalue weighted by atomic mass is 16.5. The van der Waals surface area contributed by atoms with Gasteiger partial charge in [-0.3, -0.25) is 0 Å². The van der Waals surface area contributed by atoms with Crippen LogP contribution in [0.25, 0.3) is 0 Å². The summed E-state index contributed by atoms with van der Waals surface area (Å²) in [5, 5.41) is 10.6. The van der Waals surface area contributed by atoms with Gasteiger partial charge in [0.2, 0.25) is 0 Å². The molecule has 0 unspecified atom stereocenters. The van der Waals surface area contributed by atoms with Crippen molar-refractivity contribution in [2.24, 2.45) is 5.73 Å². The molecule has 0 atom stereocenters. The van der Waals surface area contributed by atoms with Gasteiger partial charge in [-0.15, -0.1) is 0 Å². The predicted octanol–water partition coefficient (Wildman–Crippen LogP) is -0.310. The molecule has 0 aromatic heterocycles. The molecule has 0 aliphatic carbocycles. The van der Waals surface area contributed by atoms with E-state index in [0.717, 1.165) is 0 Å². The number of nitrogens with two attached hydrogens (primary N) is 1. The molecule has 0 rings (SSSR count). The molecule has 0 spiro atoms. The van der Waals surface area contributed by atoms with Crippen LogP contribution in [0.3, 0.4) is 0 Å². The lowest BCUT2D eigenvalue weighted by molar-refractivity contribution is 0.0949. The molecule has 4 N–H and O–H groups in total. The third-order valence-electron chi connectivity index (χ3n) is 0.781. The summed E-state index contributed by atoms with van der Waals surface area (Å²) in [5.41, 5.74) is 4.75. The van der Waals surface area contributed by atoms with Crippen LogP contribution in [0.4, 0.5) is 4.79 Å². The molecule has 74 valence electrons. The lowest BCUT2D eigenvalue weighted by Gasteiger charge is -2.01. The van der Waals surface area contributed by atoms with Crippen molar-refractivity contribution in [1.29, 1.82) is 0 Å². The molecule has 2 amide bonds. The fourth-order valence-electron chi connectivity index (χ4n) is 0.413. The second-order valence-electron chi connectivity index (χ2n) is 1.63. The molecular weight excluding hydrogens is 160 g/mol.